The zero-order chi connectivity index (χ0) is 15.2. The number of carboxylic acids is 1. The molecule has 1 unspecified atom stereocenters. The number of urea groups is 1. The third-order valence-corrected chi connectivity index (χ3v) is 4.87. The van der Waals surface area contributed by atoms with Crippen molar-refractivity contribution in [3.63, 3.8) is 0 Å². The van der Waals surface area contributed by atoms with Crippen LogP contribution >= 0.6 is 22.9 Å². The number of nitrogens with zero attached hydrogens (tertiary/aromatic N) is 1. The fourth-order valence-electron chi connectivity index (χ4n) is 2.36. The van der Waals surface area contributed by atoms with Crippen molar-refractivity contribution in [1.82, 2.24) is 10.2 Å². The summed E-state index contributed by atoms with van der Waals surface area (Å²) < 4.78 is 0.806. The van der Waals surface area contributed by atoms with Crippen LogP contribution in [0.1, 0.15) is 24.1 Å². The predicted molar refractivity (Wildman–Crippen MR) is 83.0 cm³/mol. The lowest BCUT2D eigenvalue weighted by Gasteiger charge is -2.16. The maximum atomic E-state index is 11.9. The Kier molecular flexibility index (Phi) is 5.87. The molecule has 2 rings (SSSR count). The van der Waals surface area contributed by atoms with Crippen LogP contribution in [0.3, 0.4) is 0 Å². The van der Waals surface area contributed by atoms with Crippen LogP contribution in [0.25, 0.3) is 0 Å². The standard InChI is InChI=1S/C14H19ClN2O3S/c15-12-5-4-11(21-12)3-1-2-7-16-14(20)17-8-6-10(9-17)13(18)19/h4-5,10H,1-3,6-9H2,(H,16,20)(H,18,19). The lowest BCUT2D eigenvalue weighted by molar-refractivity contribution is -0.141. The van der Waals surface area contributed by atoms with Gasteiger partial charge in [-0.1, -0.05) is 11.6 Å². The smallest absolute Gasteiger partial charge is 0.317 e. The monoisotopic (exact) mass is 330 g/mol. The molecule has 2 amide bonds. The second-order valence-electron chi connectivity index (χ2n) is 5.16. The Hall–Kier alpha value is -1.27. The second-order valence-corrected chi connectivity index (χ2v) is 6.96. The molecule has 116 valence electrons. The number of aliphatic carboxylic acids is 1. The van der Waals surface area contributed by atoms with Crippen molar-refractivity contribution in [3.8, 4) is 0 Å². The number of carboxylic acid groups (broad SMARTS) is 1. The van der Waals surface area contributed by atoms with Crippen molar-refractivity contribution in [2.45, 2.75) is 25.7 Å². The molecule has 2 heterocycles. The molecule has 0 radical (unpaired) electrons. The molecular weight excluding hydrogens is 312 g/mol. The summed E-state index contributed by atoms with van der Waals surface area (Å²) in [5, 5.41) is 11.7. The van der Waals surface area contributed by atoms with Crippen molar-refractivity contribution in [1.29, 1.82) is 0 Å². The van der Waals surface area contributed by atoms with E-state index in [1.165, 1.54) is 4.88 Å². The highest BCUT2D eigenvalue weighted by Crippen LogP contribution is 2.22. The van der Waals surface area contributed by atoms with Gasteiger partial charge in [0, 0.05) is 24.5 Å². The van der Waals surface area contributed by atoms with Gasteiger partial charge in [-0.3, -0.25) is 4.79 Å². The number of aryl methyl sites for hydroxylation is 1. The van der Waals surface area contributed by atoms with Gasteiger partial charge in [0.1, 0.15) is 0 Å². The Balaban J connectivity index is 1.58. The molecule has 0 saturated carbocycles. The molecule has 0 aromatic carbocycles. The van der Waals surface area contributed by atoms with Crippen LogP contribution in [-0.4, -0.2) is 41.6 Å². The average Bonchev–Trinajstić information content (AvgIpc) is 3.07. The van der Waals surface area contributed by atoms with Gasteiger partial charge in [0.25, 0.3) is 0 Å². The topological polar surface area (TPSA) is 69.6 Å². The number of nitrogens with one attached hydrogen (secondary N) is 1. The van der Waals surface area contributed by atoms with Gasteiger partial charge in [-0.25, -0.2) is 4.79 Å². The number of hydrogen-bond acceptors (Lipinski definition) is 3. The van der Waals surface area contributed by atoms with Crippen molar-refractivity contribution in [2.75, 3.05) is 19.6 Å². The van der Waals surface area contributed by atoms with E-state index in [0.29, 0.717) is 26.1 Å². The number of carbonyl (C=O) groups is 2. The molecule has 1 aromatic heterocycles. The Labute approximate surface area is 132 Å². The van der Waals surface area contributed by atoms with Crippen LogP contribution in [0.4, 0.5) is 4.79 Å². The van der Waals surface area contributed by atoms with Crippen molar-refractivity contribution < 1.29 is 14.7 Å². The molecule has 2 N–H and O–H groups in total. The molecule has 7 heteroatoms. The molecule has 0 bridgehead atoms. The molecule has 1 aliphatic heterocycles. The highest BCUT2D eigenvalue weighted by molar-refractivity contribution is 7.16. The van der Waals surface area contributed by atoms with Gasteiger partial charge in [-0.2, -0.15) is 0 Å². The SMILES string of the molecule is O=C(O)C1CCN(C(=O)NCCCCc2ccc(Cl)s2)C1. The van der Waals surface area contributed by atoms with Gasteiger partial charge >= 0.3 is 12.0 Å². The highest BCUT2D eigenvalue weighted by Gasteiger charge is 2.30. The minimum Gasteiger partial charge on any atom is -0.481 e. The number of carbonyl (C=O) groups excluding carboxylic acids is 1. The Morgan fingerprint density at radius 2 is 2.24 bits per heavy atom. The summed E-state index contributed by atoms with van der Waals surface area (Å²) in [6.07, 6.45) is 3.41. The zero-order valence-electron chi connectivity index (χ0n) is 11.7. The molecule has 5 nitrogen and oxygen atoms in total. The van der Waals surface area contributed by atoms with Crippen LogP contribution in [0.2, 0.25) is 4.34 Å². The summed E-state index contributed by atoms with van der Waals surface area (Å²) in [5.74, 6) is -1.24. The molecule has 1 atom stereocenters. The first-order chi connectivity index (χ1) is 10.1. The first-order valence-electron chi connectivity index (χ1n) is 7.06. The third kappa shape index (κ3) is 4.89. The number of rotatable bonds is 6. The summed E-state index contributed by atoms with van der Waals surface area (Å²) in [5.41, 5.74) is 0. The van der Waals surface area contributed by atoms with E-state index in [1.54, 1.807) is 16.2 Å². The van der Waals surface area contributed by atoms with E-state index in [4.69, 9.17) is 16.7 Å². The van der Waals surface area contributed by atoms with Gasteiger partial charge in [0.05, 0.1) is 10.3 Å². The molecule has 0 spiro atoms. The number of unbranched alkanes of at least 4 members (excludes halogenated alkanes) is 1. The first kappa shape index (κ1) is 16.1. The summed E-state index contributed by atoms with van der Waals surface area (Å²) >= 11 is 7.45. The van der Waals surface area contributed by atoms with Gasteiger partial charge in [-0.05, 0) is 37.8 Å². The van der Waals surface area contributed by atoms with Crippen LogP contribution < -0.4 is 5.32 Å². The minimum absolute atomic E-state index is 0.155. The molecule has 1 aromatic rings. The highest BCUT2D eigenvalue weighted by atomic mass is 35.5. The fourth-order valence-corrected chi connectivity index (χ4v) is 3.49. The number of halogens is 1. The molecule has 1 saturated heterocycles. The van der Waals surface area contributed by atoms with Gasteiger partial charge in [0.2, 0.25) is 0 Å². The first-order valence-corrected chi connectivity index (χ1v) is 8.25. The lowest BCUT2D eigenvalue weighted by Crippen LogP contribution is -2.39. The summed E-state index contributed by atoms with van der Waals surface area (Å²) in [6.45, 7) is 1.46. The van der Waals surface area contributed by atoms with E-state index in [-0.39, 0.29) is 6.03 Å². The van der Waals surface area contributed by atoms with E-state index in [2.05, 4.69) is 5.32 Å². The molecular formula is C14H19ClN2O3S. The Morgan fingerprint density at radius 1 is 1.43 bits per heavy atom. The quantitative estimate of drug-likeness (QED) is 0.788. The zero-order valence-corrected chi connectivity index (χ0v) is 13.3. The van der Waals surface area contributed by atoms with Crippen molar-refractivity contribution in [3.05, 3.63) is 21.3 Å². The minimum atomic E-state index is -0.820. The van der Waals surface area contributed by atoms with Crippen LogP contribution in [0.15, 0.2) is 12.1 Å². The number of amides is 2. The number of hydrogen-bond donors (Lipinski definition) is 2. The molecule has 1 aliphatic rings. The predicted octanol–water partition coefficient (Wildman–Crippen LogP) is 2.84. The summed E-state index contributed by atoms with van der Waals surface area (Å²) in [7, 11) is 0. The fraction of sp³-hybridized carbons (Fsp3) is 0.571. The Bertz CT molecular complexity index is 506. The summed E-state index contributed by atoms with van der Waals surface area (Å²) in [6, 6.07) is 3.77. The molecule has 21 heavy (non-hydrogen) atoms. The summed E-state index contributed by atoms with van der Waals surface area (Å²) in [4.78, 5) is 25.5. The molecule has 0 aliphatic carbocycles. The maximum absolute atomic E-state index is 11.9. The van der Waals surface area contributed by atoms with Crippen molar-refractivity contribution in [2.24, 2.45) is 5.92 Å². The van der Waals surface area contributed by atoms with E-state index < -0.39 is 11.9 Å². The molecule has 1 fully saturated rings. The van der Waals surface area contributed by atoms with Gasteiger partial charge < -0.3 is 15.3 Å². The average molecular weight is 331 g/mol. The van der Waals surface area contributed by atoms with E-state index >= 15 is 0 Å². The van der Waals surface area contributed by atoms with E-state index in [0.717, 1.165) is 23.6 Å². The van der Waals surface area contributed by atoms with Gasteiger partial charge in [-0.15, -0.1) is 11.3 Å². The largest absolute Gasteiger partial charge is 0.481 e. The number of thiophene rings is 1. The van der Waals surface area contributed by atoms with Crippen LogP contribution in [0.5, 0.6) is 0 Å². The van der Waals surface area contributed by atoms with Crippen LogP contribution in [-0.2, 0) is 11.2 Å². The number of likely N-dealkylation sites (tertiary alicyclic amines) is 1. The second kappa shape index (κ2) is 7.66. The van der Waals surface area contributed by atoms with E-state index in [9.17, 15) is 9.59 Å². The van der Waals surface area contributed by atoms with Crippen molar-refractivity contribution >= 4 is 34.9 Å². The van der Waals surface area contributed by atoms with Crippen LogP contribution in [0, 0.1) is 5.92 Å². The Morgan fingerprint density at radius 3 is 2.86 bits per heavy atom. The third-order valence-electron chi connectivity index (χ3n) is 3.58. The normalized spacial score (nSPS) is 18.0. The van der Waals surface area contributed by atoms with Gasteiger partial charge in [0.15, 0.2) is 0 Å². The van der Waals surface area contributed by atoms with E-state index in [1.807, 2.05) is 12.1 Å². The lowest BCUT2D eigenvalue weighted by atomic mass is 10.1. The maximum Gasteiger partial charge on any atom is 0.317 e.